The molecule has 0 aliphatic heterocycles. The number of aromatic nitrogens is 2. The van der Waals surface area contributed by atoms with Gasteiger partial charge in [0, 0.05) is 29.7 Å². The van der Waals surface area contributed by atoms with Crippen LogP contribution in [0, 0.1) is 5.82 Å². The van der Waals surface area contributed by atoms with Crippen LogP contribution in [0.2, 0.25) is 0 Å². The maximum Gasteiger partial charge on any atom is 0.329 e. The highest BCUT2D eigenvalue weighted by Gasteiger charge is 2.07. The standard InChI is InChI=1S/C14H14BrFN4O2/c1-3-20(12-7-13(21)19(2)14(22)18-12)17-8-9-6-10(15)4-5-11(9)16/h4-8H,3H2,1-2H3,(H,18,22). The first-order valence-electron chi connectivity index (χ1n) is 6.49. The third kappa shape index (κ3) is 3.51. The van der Waals surface area contributed by atoms with Crippen LogP contribution >= 0.6 is 15.9 Å². The number of hydrogen-bond donors (Lipinski definition) is 1. The van der Waals surface area contributed by atoms with Crippen molar-refractivity contribution in [2.75, 3.05) is 11.6 Å². The van der Waals surface area contributed by atoms with Gasteiger partial charge in [0.25, 0.3) is 5.56 Å². The molecule has 0 unspecified atom stereocenters. The number of nitrogens with zero attached hydrogens (tertiary/aromatic N) is 3. The van der Waals surface area contributed by atoms with E-state index in [9.17, 15) is 14.0 Å². The molecule has 116 valence electrons. The van der Waals surface area contributed by atoms with Gasteiger partial charge in [-0.1, -0.05) is 15.9 Å². The molecule has 0 aliphatic rings. The van der Waals surface area contributed by atoms with E-state index in [1.807, 2.05) is 0 Å². The van der Waals surface area contributed by atoms with Crippen LogP contribution in [-0.2, 0) is 7.05 Å². The fourth-order valence-electron chi connectivity index (χ4n) is 1.74. The Hall–Kier alpha value is -2.22. The fraction of sp³-hybridized carbons (Fsp3) is 0.214. The number of rotatable bonds is 4. The van der Waals surface area contributed by atoms with E-state index in [0.717, 1.165) is 9.04 Å². The van der Waals surface area contributed by atoms with Crippen molar-refractivity contribution in [1.29, 1.82) is 0 Å². The average molecular weight is 369 g/mol. The molecule has 22 heavy (non-hydrogen) atoms. The van der Waals surface area contributed by atoms with Crippen LogP contribution in [-0.4, -0.2) is 22.3 Å². The average Bonchev–Trinajstić information content (AvgIpc) is 2.48. The van der Waals surface area contributed by atoms with Crippen LogP contribution in [0.25, 0.3) is 0 Å². The Bertz CT molecular complexity index is 797. The van der Waals surface area contributed by atoms with Crippen LogP contribution in [0.3, 0.4) is 0 Å². The first-order valence-corrected chi connectivity index (χ1v) is 7.28. The van der Waals surface area contributed by atoms with Gasteiger partial charge in [-0.15, -0.1) is 0 Å². The summed E-state index contributed by atoms with van der Waals surface area (Å²) in [5.74, 6) is -0.164. The predicted molar refractivity (Wildman–Crippen MR) is 87.0 cm³/mol. The highest BCUT2D eigenvalue weighted by Crippen LogP contribution is 2.14. The van der Waals surface area contributed by atoms with Crippen LogP contribution < -0.4 is 16.3 Å². The Morgan fingerprint density at radius 1 is 1.41 bits per heavy atom. The van der Waals surface area contributed by atoms with Gasteiger partial charge in [0.1, 0.15) is 11.6 Å². The highest BCUT2D eigenvalue weighted by molar-refractivity contribution is 9.10. The van der Waals surface area contributed by atoms with Crippen LogP contribution in [0.5, 0.6) is 0 Å². The third-order valence-electron chi connectivity index (χ3n) is 3.00. The molecule has 0 bridgehead atoms. The van der Waals surface area contributed by atoms with Crippen molar-refractivity contribution >= 4 is 28.0 Å². The van der Waals surface area contributed by atoms with Gasteiger partial charge in [-0.25, -0.2) is 14.2 Å². The third-order valence-corrected chi connectivity index (χ3v) is 3.50. The Kier molecular flexibility index (Phi) is 4.92. The molecular formula is C14H14BrFN4O2. The monoisotopic (exact) mass is 368 g/mol. The molecule has 0 aliphatic carbocycles. The van der Waals surface area contributed by atoms with Crippen molar-refractivity contribution in [1.82, 2.24) is 9.55 Å². The van der Waals surface area contributed by atoms with Gasteiger partial charge in [0.2, 0.25) is 0 Å². The topological polar surface area (TPSA) is 70.5 Å². The maximum absolute atomic E-state index is 13.7. The maximum atomic E-state index is 13.7. The molecular weight excluding hydrogens is 355 g/mol. The molecule has 0 saturated heterocycles. The second-order valence-corrected chi connectivity index (χ2v) is 5.40. The summed E-state index contributed by atoms with van der Waals surface area (Å²) in [7, 11) is 1.38. The molecule has 6 nitrogen and oxygen atoms in total. The van der Waals surface area contributed by atoms with E-state index < -0.39 is 17.1 Å². The largest absolute Gasteiger partial charge is 0.329 e. The smallest absolute Gasteiger partial charge is 0.292 e. The number of benzene rings is 1. The zero-order valence-corrected chi connectivity index (χ0v) is 13.6. The lowest BCUT2D eigenvalue weighted by Crippen LogP contribution is -2.34. The molecule has 2 rings (SSSR count). The van der Waals surface area contributed by atoms with Gasteiger partial charge >= 0.3 is 5.69 Å². The SMILES string of the molecule is CCN(N=Cc1cc(Br)ccc1F)c1cc(=O)n(C)c(=O)[nH]1. The number of anilines is 1. The van der Waals surface area contributed by atoms with Crippen LogP contribution in [0.1, 0.15) is 12.5 Å². The lowest BCUT2D eigenvalue weighted by molar-refractivity contribution is 0.625. The van der Waals surface area contributed by atoms with Crippen LogP contribution in [0.15, 0.2) is 43.4 Å². The minimum atomic E-state index is -0.537. The summed E-state index contributed by atoms with van der Waals surface area (Å²) in [5.41, 5.74) is -0.690. The molecule has 0 amide bonds. The molecule has 0 atom stereocenters. The summed E-state index contributed by atoms with van der Waals surface area (Å²) in [6, 6.07) is 5.75. The summed E-state index contributed by atoms with van der Waals surface area (Å²) in [6.45, 7) is 2.19. The number of hydrazone groups is 1. The molecule has 0 fully saturated rings. The fourth-order valence-corrected chi connectivity index (χ4v) is 2.12. The number of hydrogen-bond acceptors (Lipinski definition) is 4. The molecule has 0 saturated carbocycles. The van der Waals surface area contributed by atoms with E-state index in [1.54, 1.807) is 19.1 Å². The Balaban J connectivity index is 2.37. The normalized spacial score (nSPS) is 11.1. The van der Waals surface area contributed by atoms with Gasteiger partial charge in [0.05, 0.1) is 6.21 Å². The summed E-state index contributed by atoms with van der Waals surface area (Å²) >= 11 is 3.26. The summed E-state index contributed by atoms with van der Waals surface area (Å²) in [4.78, 5) is 25.8. The van der Waals surface area contributed by atoms with E-state index in [1.165, 1.54) is 30.4 Å². The Labute approximate surface area is 134 Å². The Morgan fingerprint density at radius 3 is 2.77 bits per heavy atom. The predicted octanol–water partition coefficient (Wildman–Crippen LogP) is 1.84. The second kappa shape index (κ2) is 6.69. The molecule has 1 N–H and O–H groups in total. The van der Waals surface area contributed by atoms with Crippen molar-refractivity contribution in [3.05, 3.63) is 61.0 Å². The molecule has 1 heterocycles. The minimum Gasteiger partial charge on any atom is -0.292 e. The van der Waals surface area contributed by atoms with E-state index in [2.05, 4.69) is 26.0 Å². The van der Waals surface area contributed by atoms with E-state index in [-0.39, 0.29) is 5.82 Å². The van der Waals surface area contributed by atoms with E-state index in [0.29, 0.717) is 12.1 Å². The van der Waals surface area contributed by atoms with E-state index >= 15 is 0 Å². The molecule has 2 aromatic rings. The lowest BCUT2D eigenvalue weighted by atomic mass is 10.2. The summed E-state index contributed by atoms with van der Waals surface area (Å²) in [6.07, 6.45) is 1.33. The van der Waals surface area contributed by atoms with Crippen molar-refractivity contribution < 1.29 is 4.39 Å². The van der Waals surface area contributed by atoms with Gasteiger partial charge in [0.15, 0.2) is 0 Å². The second-order valence-electron chi connectivity index (χ2n) is 4.48. The van der Waals surface area contributed by atoms with Crippen molar-refractivity contribution in [3.8, 4) is 0 Å². The number of halogens is 2. The van der Waals surface area contributed by atoms with Gasteiger partial charge in [-0.05, 0) is 25.1 Å². The number of aromatic amines is 1. The van der Waals surface area contributed by atoms with Gasteiger partial charge in [-0.3, -0.25) is 14.3 Å². The van der Waals surface area contributed by atoms with Crippen molar-refractivity contribution in [2.24, 2.45) is 12.1 Å². The molecule has 1 aromatic heterocycles. The van der Waals surface area contributed by atoms with Gasteiger partial charge in [-0.2, -0.15) is 5.10 Å². The summed E-state index contributed by atoms with van der Waals surface area (Å²) in [5, 5.41) is 5.53. The number of nitrogens with one attached hydrogen (secondary N) is 1. The van der Waals surface area contributed by atoms with Gasteiger partial charge < -0.3 is 0 Å². The zero-order chi connectivity index (χ0) is 16.3. The molecule has 8 heteroatoms. The first-order chi connectivity index (χ1) is 10.4. The lowest BCUT2D eigenvalue weighted by Gasteiger charge is -2.16. The van der Waals surface area contributed by atoms with Crippen molar-refractivity contribution in [3.63, 3.8) is 0 Å². The van der Waals surface area contributed by atoms with E-state index in [4.69, 9.17) is 0 Å². The molecule has 1 aromatic carbocycles. The molecule has 0 radical (unpaired) electrons. The Morgan fingerprint density at radius 2 is 2.14 bits per heavy atom. The summed E-state index contributed by atoms with van der Waals surface area (Å²) < 4.78 is 15.3. The minimum absolute atomic E-state index is 0.252. The number of H-pyrrole nitrogens is 1. The van der Waals surface area contributed by atoms with Crippen LogP contribution in [0.4, 0.5) is 10.2 Å². The molecule has 0 spiro atoms. The van der Waals surface area contributed by atoms with Crippen molar-refractivity contribution in [2.45, 2.75) is 6.92 Å². The highest BCUT2D eigenvalue weighted by atomic mass is 79.9. The first kappa shape index (κ1) is 16.2. The zero-order valence-electron chi connectivity index (χ0n) is 12.0. The quantitative estimate of drug-likeness (QED) is 0.661.